The molecule has 1 aliphatic rings. The maximum atomic E-state index is 12.0. The Bertz CT molecular complexity index is 527. The van der Waals surface area contributed by atoms with Gasteiger partial charge in [-0.1, -0.05) is 30.5 Å². The van der Waals surface area contributed by atoms with Crippen molar-refractivity contribution in [1.29, 1.82) is 0 Å². The van der Waals surface area contributed by atoms with E-state index in [1.807, 2.05) is 0 Å². The van der Waals surface area contributed by atoms with Gasteiger partial charge in [0.1, 0.15) is 0 Å². The highest BCUT2D eigenvalue weighted by molar-refractivity contribution is 7.89. The third kappa shape index (κ3) is 3.45. The zero-order valence-electron chi connectivity index (χ0n) is 10.0. The van der Waals surface area contributed by atoms with Gasteiger partial charge in [0.15, 0.2) is 0 Å². The maximum Gasteiger partial charge on any atom is 0.240 e. The summed E-state index contributed by atoms with van der Waals surface area (Å²) < 4.78 is 26.6. The summed E-state index contributed by atoms with van der Waals surface area (Å²) in [5, 5.41) is 0.391. The Morgan fingerprint density at radius 1 is 1.39 bits per heavy atom. The van der Waals surface area contributed by atoms with Crippen LogP contribution in [0, 0.1) is 5.92 Å². The minimum absolute atomic E-state index is 0.195. The molecule has 0 bridgehead atoms. The van der Waals surface area contributed by atoms with Gasteiger partial charge < -0.3 is 5.73 Å². The predicted molar refractivity (Wildman–Crippen MR) is 71.9 cm³/mol. The van der Waals surface area contributed by atoms with Crippen molar-refractivity contribution in [3.63, 3.8) is 0 Å². The van der Waals surface area contributed by atoms with Crippen LogP contribution in [-0.2, 0) is 16.6 Å². The molecule has 100 valence electrons. The molecule has 0 saturated heterocycles. The van der Waals surface area contributed by atoms with Crippen molar-refractivity contribution in [3.8, 4) is 0 Å². The van der Waals surface area contributed by atoms with Gasteiger partial charge in [-0.15, -0.1) is 0 Å². The summed E-state index contributed by atoms with van der Waals surface area (Å²) in [7, 11) is -3.45. The molecular formula is C12H17ClN2O2S. The Labute approximate surface area is 113 Å². The van der Waals surface area contributed by atoms with Crippen LogP contribution in [0.5, 0.6) is 0 Å². The molecular weight excluding hydrogens is 272 g/mol. The fraction of sp³-hybridized carbons (Fsp3) is 0.500. The number of sulfonamides is 1. The number of nitrogens with one attached hydrogen (secondary N) is 1. The Morgan fingerprint density at radius 3 is 2.67 bits per heavy atom. The molecule has 0 aliphatic heterocycles. The fourth-order valence-electron chi connectivity index (χ4n) is 1.75. The average Bonchev–Trinajstić information content (AvgIpc) is 3.12. The topological polar surface area (TPSA) is 72.2 Å². The van der Waals surface area contributed by atoms with Gasteiger partial charge in [0.25, 0.3) is 0 Å². The number of nitrogens with two attached hydrogens (primary N) is 1. The molecule has 1 aliphatic carbocycles. The van der Waals surface area contributed by atoms with Crippen LogP contribution in [0.15, 0.2) is 23.1 Å². The second-order valence-electron chi connectivity index (χ2n) is 4.59. The third-order valence-corrected chi connectivity index (χ3v) is 4.91. The quantitative estimate of drug-likeness (QED) is 0.839. The summed E-state index contributed by atoms with van der Waals surface area (Å²) in [5.41, 5.74) is 6.22. The highest BCUT2D eigenvalue weighted by Crippen LogP contribution is 2.31. The van der Waals surface area contributed by atoms with Gasteiger partial charge in [-0.05, 0) is 30.0 Å². The van der Waals surface area contributed by atoms with Crippen LogP contribution in [0.1, 0.15) is 24.8 Å². The molecule has 2 rings (SSSR count). The second-order valence-corrected chi connectivity index (χ2v) is 6.76. The van der Waals surface area contributed by atoms with Gasteiger partial charge >= 0.3 is 0 Å². The lowest BCUT2D eigenvalue weighted by atomic mass is 10.2. The molecule has 0 unspecified atom stereocenters. The maximum absolute atomic E-state index is 12.0. The highest BCUT2D eigenvalue weighted by Gasteiger charge is 2.22. The number of hydrogen-bond acceptors (Lipinski definition) is 3. The first-order chi connectivity index (χ1) is 8.53. The normalized spacial score (nSPS) is 15.9. The number of hydrogen-bond donors (Lipinski definition) is 2. The summed E-state index contributed by atoms with van der Waals surface area (Å²) in [6.45, 7) is 0.789. The van der Waals surface area contributed by atoms with Crippen LogP contribution >= 0.6 is 11.6 Å². The Balaban J connectivity index is 2.05. The summed E-state index contributed by atoms with van der Waals surface area (Å²) >= 11 is 5.96. The van der Waals surface area contributed by atoms with Crippen LogP contribution in [-0.4, -0.2) is 15.0 Å². The summed E-state index contributed by atoms with van der Waals surface area (Å²) in [6, 6.07) is 4.63. The molecule has 1 aromatic rings. The van der Waals surface area contributed by atoms with Gasteiger partial charge in [-0.2, -0.15) is 0 Å². The zero-order chi connectivity index (χ0) is 13.2. The first-order valence-electron chi connectivity index (χ1n) is 6.01. The SMILES string of the molecule is NCc1ccc(S(=O)(=O)NCCC2CC2)cc1Cl. The largest absolute Gasteiger partial charge is 0.326 e. The Hall–Kier alpha value is -0.620. The predicted octanol–water partition coefficient (Wildman–Crippen LogP) is 1.88. The van der Waals surface area contributed by atoms with E-state index < -0.39 is 10.0 Å². The molecule has 1 aromatic carbocycles. The average molecular weight is 289 g/mol. The standard InChI is InChI=1S/C12H17ClN2O2S/c13-12-7-11(4-3-10(12)8-14)18(16,17)15-6-5-9-1-2-9/h3-4,7,9,15H,1-2,5-6,8,14H2. The van der Waals surface area contributed by atoms with E-state index in [0.29, 0.717) is 24.0 Å². The molecule has 3 N–H and O–H groups in total. The molecule has 6 heteroatoms. The molecule has 1 fully saturated rings. The lowest BCUT2D eigenvalue weighted by Gasteiger charge is -2.08. The van der Waals surface area contributed by atoms with Gasteiger partial charge in [0, 0.05) is 18.1 Å². The minimum Gasteiger partial charge on any atom is -0.326 e. The van der Waals surface area contributed by atoms with Crippen LogP contribution in [0.2, 0.25) is 5.02 Å². The van der Waals surface area contributed by atoms with Crippen molar-refractivity contribution in [2.45, 2.75) is 30.7 Å². The van der Waals surface area contributed by atoms with Gasteiger partial charge in [0.05, 0.1) is 4.90 Å². The van der Waals surface area contributed by atoms with Gasteiger partial charge in [-0.3, -0.25) is 0 Å². The Morgan fingerprint density at radius 2 is 2.11 bits per heavy atom. The van der Waals surface area contributed by atoms with E-state index in [1.165, 1.54) is 25.0 Å². The van der Waals surface area contributed by atoms with Crippen molar-refractivity contribution < 1.29 is 8.42 Å². The fourth-order valence-corrected chi connectivity index (χ4v) is 3.14. The summed E-state index contributed by atoms with van der Waals surface area (Å²) in [6.07, 6.45) is 3.35. The van der Waals surface area contributed by atoms with Crippen LogP contribution in [0.3, 0.4) is 0 Å². The smallest absolute Gasteiger partial charge is 0.240 e. The lowest BCUT2D eigenvalue weighted by Crippen LogP contribution is -2.25. The first-order valence-corrected chi connectivity index (χ1v) is 7.87. The Kier molecular flexibility index (Phi) is 4.27. The van der Waals surface area contributed by atoms with Crippen LogP contribution < -0.4 is 10.5 Å². The third-order valence-electron chi connectivity index (χ3n) is 3.10. The second kappa shape index (κ2) is 5.57. The molecule has 1 saturated carbocycles. The van der Waals surface area contributed by atoms with Crippen molar-refractivity contribution in [3.05, 3.63) is 28.8 Å². The van der Waals surface area contributed by atoms with E-state index in [0.717, 1.165) is 12.0 Å². The van der Waals surface area contributed by atoms with Gasteiger partial charge in [0.2, 0.25) is 10.0 Å². The zero-order valence-corrected chi connectivity index (χ0v) is 11.6. The van der Waals surface area contributed by atoms with E-state index in [9.17, 15) is 8.42 Å². The first kappa shape index (κ1) is 13.8. The van der Waals surface area contributed by atoms with Crippen molar-refractivity contribution in [1.82, 2.24) is 4.72 Å². The monoisotopic (exact) mass is 288 g/mol. The molecule has 0 spiro atoms. The lowest BCUT2D eigenvalue weighted by molar-refractivity contribution is 0.575. The number of halogens is 1. The number of benzene rings is 1. The molecule has 0 aromatic heterocycles. The van der Waals surface area contributed by atoms with E-state index >= 15 is 0 Å². The molecule has 0 amide bonds. The molecule has 0 radical (unpaired) electrons. The van der Waals surface area contributed by atoms with E-state index in [4.69, 9.17) is 17.3 Å². The summed E-state index contributed by atoms with van der Waals surface area (Å²) in [5.74, 6) is 0.705. The van der Waals surface area contributed by atoms with E-state index in [-0.39, 0.29) is 4.90 Å². The highest BCUT2D eigenvalue weighted by atomic mass is 35.5. The van der Waals surface area contributed by atoms with Crippen molar-refractivity contribution in [2.24, 2.45) is 11.7 Å². The van der Waals surface area contributed by atoms with E-state index in [1.54, 1.807) is 6.07 Å². The summed E-state index contributed by atoms with van der Waals surface area (Å²) in [4.78, 5) is 0.195. The van der Waals surface area contributed by atoms with Crippen molar-refractivity contribution in [2.75, 3.05) is 6.54 Å². The molecule has 0 atom stereocenters. The molecule has 18 heavy (non-hydrogen) atoms. The van der Waals surface area contributed by atoms with Crippen molar-refractivity contribution >= 4 is 21.6 Å². The van der Waals surface area contributed by atoms with Crippen LogP contribution in [0.25, 0.3) is 0 Å². The van der Waals surface area contributed by atoms with Crippen LogP contribution in [0.4, 0.5) is 0 Å². The molecule has 4 nitrogen and oxygen atoms in total. The van der Waals surface area contributed by atoms with E-state index in [2.05, 4.69) is 4.72 Å². The van der Waals surface area contributed by atoms with Gasteiger partial charge in [-0.25, -0.2) is 13.1 Å². The minimum atomic E-state index is -3.45. The number of rotatable bonds is 6. The molecule has 0 heterocycles.